The summed E-state index contributed by atoms with van der Waals surface area (Å²) in [6.07, 6.45) is 3.94. The van der Waals surface area contributed by atoms with Crippen LogP contribution in [-0.2, 0) is 14.4 Å². The highest BCUT2D eigenvalue weighted by atomic mass is 16.2. The Balaban J connectivity index is 0.00000112. The molecule has 0 aromatic carbocycles. The average Bonchev–Trinajstić information content (AvgIpc) is 2.86. The number of Topliss-reactive ketones (excluding diaryl/α,β-unsaturated/α-hetero) is 1. The highest BCUT2D eigenvalue weighted by Gasteiger charge is 2.39. The van der Waals surface area contributed by atoms with Gasteiger partial charge in [0.25, 0.3) is 0 Å². The van der Waals surface area contributed by atoms with Gasteiger partial charge in [0.1, 0.15) is 5.78 Å². The molecule has 5 nitrogen and oxygen atoms in total. The van der Waals surface area contributed by atoms with E-state index in [-0.39, 0.29) is 36.0 Å². The van der Waals surface area contributed by atoms with Crippen molar-refractivity contribution in [1.82, 2.24) is 10.2 Å². The van der Waals surface area contributed by atoms with Crippen LogP contribution >= 0.6 is 0 Å². The summed E-state index contributed by atoms with van der Waals surface area (Å²) >= 11 is 0. The molecule has 0 spiro atoms. The standard InChI is InChI=1S/C14H22N2O3.2C2H6/c1-9(17)11-5-3-10(4-6-11)8-16-13(18)7-12(15-2)14(16)19;2*1-2/h10-12,15H,3-8H2,1-2H3;2*1-2H3. The van der Waals surface area contributed by atoms with E-state index in [4.69, 9.17) is 0 Å². The van der Waals surface area contributed by atoms with Crippen LogP contribution in [0.25, 0.3) is 0 Å². The molecule has 1 atom stereocenters. The molecular formula is C18H34N2O3. The number of likely N-dealkylation sites (N-methyl/N-ethyl adjacent to an activating group) is 1. The van der Waals surface area contributed by atoms with Crippen LogP contribution in [-0.4, -0.2) is 42.1 Å². The maximum atomic E-state index is 12.0. The van der Waals surface area contributed by atoms with Gasteiger partial charge in [-0.05, 0) is 45.6 Å². The first-order valence-electron chi connectivity index (χ1n) is 9.04. The van der Waals surface area contributed by atoms with Crippen molar-refractivity contribution in [3.63, 3.8) is 0 Å². The van der Waals surface area contributed by atoms with E-state index < -0.39 is 0 Å². The highest BCUT2D eigenvalue weighted by molar-refractivity contribution is 6.05. The van der Waals surface area contributed by atoms with Crippen LogP contribution in [0.3, 0.4) is 0 Å². The molecule has 2 aliphatic rings. The molecule has 1 aliphatic heterocycles. The molecule has 1 N–H and O–H groups in total. The number of amides is 2. The summed E-state index contributed by atoms with van der Waals surface area (Å²) in [6, 6.07) is -0.346. The van der Waals surface area contributed by atoms with Crippen molar-refractivity contribution in [2.75, 3.05) is 13.6 Å². The fourth-order valence-corrected chi connectivity index (χ4v) is 3.11. The minimum Gasteiger partial charge on any atom is -0.308 e. The topological polar surface area (TPSA) is 66.5 Å². The summed E-state index contributed by atoms with van der Waals surface area (Å²) in [6.45, 7) is 10.2. The molecule has 5 heteroatoms. The van der Waals surface area contributed by atoms with Crippen molar-refractivity contribution in [1.29, 1.82) is 0 Å². The Kier molecular flexibility index (Phi) is 10.7. The average molecular weight is 326 g/mol. The largest absolute Gasteiger partial charge is 0.308 e. The predicted molar refractivity (Wildman–Crippen MR) is 93.0 cm³/mol. The number of nitrogens with zero attached hydrogens (tertiary/aromatic N) is 1. The van der Waals surface area contributed by atoms with Gasteiger partial charge in [0.2, 0.25) is 11.8 Å². The zero-order chi connectivity index (χ0) is 18.0. The molecule has 1 saturated carbocycles. The second-order valence-corrected chi connectivity index (χ2v) is 5.72. The smallest absolute Gasteiger partial charge is 0.246 e. The summed E-state index contributed by atoms with van der Waals surface area (Å²) in [5, 5.41) is 2.88. The molecule has 23 heavy (non-hydrogen) atoms. The summed E-state index contributed by atoms with van der Waals surface area (Å²) in [5.74, 6) is 0.645. The van der Waals surface area contributed by atoms with E-state index in [0.29, 0.717) is 12.5 Å². The first kappa shape index (κ1) is 21.8. The Morgan fingerprint density at radius 1 is 1.09 bits per heavy atom. The minimum absolute atomic E-state index is 0.0713. The van der Waals surface area contributed by atoms with E-state index >= 15 is 0 Å². The Labute approximate surface area is 141 Å². The Hall–Kier alpha value is -1.23. The fourth-order valence-electron chi connectivity index (χ4n) is 3.11. The first-order valence-corrected chi connectivity index (χ1v) is 9.04. The van der Waals surface area contributed by atoms with Crippen LogP contribution in [0.2, 0.25) is 0 Å². The van der Waals surface area contributed by atoms with Crippen molar-refractivity contribution in [2.24, 2.45) is 11.8 Å². The van der Waals surface area contributed by atoms with E-state index in [2.05, 4.69) is 5.32 Å². The molecule has 2 rings (SSSR count). The molecule has 2 amide bonds. The Morgan fingerprint density at radius 3 is 2.00 bits per heavy atom. The van der Waals surface area contributed by atoms with E-state index in [9.17, 15) is 14.4 Å². The molecule has 2 fully saturated rings. The van der Waals surface area contributed by atoms with Gasteiger partial charge in [0.15, 0.2) is 0 Å². The zero-order valence-electron chi connectivity index (χ0n) is 15.6. The van der Waals surface area contributed by atoms with E-state index in [1.165, 1.54) is 4.90 Å². The summed E-state index contributed by atoms with van der Waals surface area (Å²) < 4.78 is 0. The van der Waals surface area contributed by atoms with Crippen molar-refractivity contribution in [3.8, 4) is 0 Å². The van der Waals surface area contributed by atoms with E-state index in [1.807, 2.05) is 27.7 Å². The maximum absolute atomic E-state index is 12.0. The van der Waals surface area contributed by atoms with Gasteiger partial charge in [0, 0.05) is 12.5 Å². The fraction of sp³-hybridized carbons (Fsp3) is 0.833. The predicted octanol–water partition coefficient (Wildman–Crippen LogP) is 2.78. The minimum atomic E-state index is -0.346. The number of carbonyl (C=O) groups excluding carboxylic acids is 3. The van der Waals surface area contributed by atoms with Gasteiger partial charge in [-0.25, -0.2) is 0 Å². The molecule has 0 bridgehead atoms. The van der Waals surface area contributed by atoms with Gasteiger partial charge >= 0.3 is 0 Å². The van der Waals surface area contributed by atoms with E-state index in [1.54, 1.807) is 14.0 Å². The summed E-state index contributed by atoms with van der Waals surface area (Å²) in [7, 11) is 1.71. The van der Waals surface area contributed by atoms with Crippen LogP contribution in [0.4, 0.5) is 0 Å². The van der Waals surface area contributed by atoms with Crippen molar-refractivity contribution in [3.05, 3.63) is 0 Å². The lowest BCUT2D eigenvalue weighted by Gasteiger charge is -2.29. The Morgan fingerprint density at radius 2 is 1.61 bits per heavy atom. The summed E-state index contributed by atoms with van der Waals surface area (Å²) in [5.41, 5.74) is 0. The normalized spacial score (nSPS) is 26.9. The molecule has 1 heterocycles. The maximum Gasteiger partial charge on any atom is 0.246 e. The second-order valence-electron chi connectivity index (χ2n) is 5.72. The van der Waals surface area contributed by atoms with Gasteiger partial charge in [0.05, 0.1) is 12.5 Å². The lowest BCUT2D eigenvalue weighted by Crippen LogP contribution is -2.40. The number of ketones is 1. The van der Waals surface area contributed by atoms with Crippen molar-refractivity contribution in [2.45, 2.75) is 72.8 Å². The van der Waals surface area contributed by atoms with Crippen LogP contribution in [0.15, 0.2) is 0 Å². The monoisotopic (exact) mass is 326 g/mol. The third kappa shape index (κ3) is 6.05. The van der Waals surface area contributed by atoms with Crippen LogP contribution in [0.1, 0.15) is 66.7 Å². The number of carbonyl (C=O) groups is 3. The number of nitrogens with one attached hydrogen (secondary N) is 1. The van der Waals surface area contributed by atoms with Crippen molar-refractivity contribution >= 4 is 17.6 Å². The molecular weight excluding hydrogens is 292 g/mol. The quantitative estimate of drug-likeness (QED) is 0.807. The molecule has 0 radical (unpaired) electrons. The van der Waals surface area contributed by atoms with Crippen LogP contribution in [0.5, 0.6) is 0 Å². The number of hydrogen-bond acceptors (Lipinski definition) is 4. The van der Waals surface area contributed by atoms with Crippen LogP contribution in [0, 0.1) is 11.8 Å². The molecule has 0 aromatic heterocycles. The van der Waals surface area contributed by atoms with Gasteiger partial charge in [-0.2, -0.15) is 0 Å². The van der Waals surface area contributed by atoms with Gasteiger partial charge in [-0.1, -0.05) is 27.7 Å². The third-order valence-corrected chi connectivity index (χ3v) is 4.45. The zero-order valence-corrected chi connectivity index (χ0v) is 15.6. The van der Waals surface area contributed by atoms with E-state index in [0.717, 1.165) is 25.7 Å². The number of rotatable bonds is 4. The molecule has 0 aromatic rings. The van der Waals surface area contributed by atoms with Crippen molar-refractivity contribution < 1.29 is 14.4 Å². The Bertz CT molecular complexity index is 388. The number of likely N-dealkylation sites (tertiary alicyclic amines) is 1. The molecule has 134 valence electrons. The first-order chi connectivity index (χ1) is 11.0. The molecule has 1 saturated heterocycles. The second kappa shape index (κ2) is 11.3. The van der Waals surface area contributed by atoms with Gasteiger partial charge < -0.3 is 5.32 Å². The highest BCUT2D eigenvalue weighted by Crippen LogP contribution is 2.30. The van der Waals surface area contributed by atoms with Gasteiger partial charge in [-0.3, -0.25) is 19.3 Å². The summed E-state index contributed by atoms with van der Waals surface area (Å²) in [4.78, 5) is 36.5. The SMILES string of the molecule is CC.CC.CNC1CC(=O)N(CC2CCC(C(C)=O)CC2)C1=O. The molecule has 1 aliphatic carbocycles. The molecule has 1 unspecified atom stereocenters. The lowest BCUT2D eigenvalue weighted by atomic mass is 9.80. The van der Waals surface area contributed by atoms with Gasteiger partial charge in [-0.15, -0.1) is 0 Å². The lowest BCUT2D eigenvalue weighted by molar-refractivity contribution is -0.140. The number of imide groups is 1. The number of hydrogen-bond donors (Lipinski definition) is 1. The third-order valence-electron chi connectivity index (χ3n) is 4.45. The van der Waals surface area contributed by atoms with Crippen LogP contribution < -0.4 is 5.32 Å².